The quantitative estimate of drug-likeness (QED) is 0.698. The molecule has 0 spiro atoms. The molecular formula is C17H15N3O2S. The highest BCUT2D eigenvalue weighted by molar-refractivity contribution is 7.17. The van der Waals surface area contributed by atoms with Gasteiger partial charge in [-0.15, -0.1) is 11.3 Å². The summed E-state index contributed by atoms with van der Waals surface area (Å²) in [5.41, 5.74) is 2.76. The maximum atomic E-state index is 11.0. The highest BCUT2D eigenvalue weighted by Crippen LogP contribution is 2.34. The highest BCUT2D eigenvalue weighted by atomic mass is 32.1. The van der Waals surface area contributed by atoms with Gasteiger partial charge in [0.2, 0.25) is 0 Å². The Hall–Kier alpha value is -2.60. The normalized spacial score (nSPS) is 12.2. The van der Waals surface area contributed by atoms with E-state index in [1.54, 1.807) is 6.92 Å². The molecule has 0 aliphatic carbocycles. The van der Waals surface area contributed by atoms with Crippen molar-refractivity contribution in [2.24, 2.45) is 5.92 Å². The first kappa shape index (κ1) is 15.3. The molecule has 0 radical (unpaired) electrons. The lowest BCUT2D eigenvalue weighted by Crippen LogP contribution is -2.15. The summed E-state index contributed by atoms with van der Waals surface area (Å²) in [4.78, 5) is 20.4. The number of hydrogen-bond acceptors (Lipinski definition) is 5. The van der Waals surface area contributed by atoms with Crippen molar-refractivity contribution in [3.8, 4) is 11.1 Å². The van der Waals surface area contributed by atoms with Crippen LogP contribution in [0, 0.1) is 11.3 Å². The molecule has 2 aromatic heterocycles. The van der Waals surface area contributed by atoms with Gasteiger partial charge >= 0.3 is 5.97 Å². The summed E-state index contributed by atoms with van der Waals surface area (Å²) in [7, 11) is 0. The van der Waals surface area contributed by atoms with Gasteiger partial charge in [0.05, 0.1) is 17.3 Å². The van der Waals surface area contributed by atoms with Gasteiger partial charge < -0.3 is 10.5 Å². The van der Waals surface area contributed by atoms with E-state index >= 15 is 0 Å². The van der Waals surface area contributed by atoms with Crippen LogP contribution in [0.3, 0.4) is 0 Å². The summed E-state index contributed by atoms with van der Waals surface area (Å²) < 4.78 is 0. The summed E-state index contributed by atoms with van der Waals surface area (Å²) in [5.74, 6) is -1.53. The molecule has 0 saturated carbocycles. The van der Waals surface area contributed by atoms with Crippen LogP contribution in [0.4, 0.5) is 0 Å². The minimum absolute atomic E-state index is 0.144. The number of thiophene rings is 1. The summed E-state index contributed by atoms with van der Waals surface area (Å²) in [6.07, 6.45) is 1.58. The highest BCUT2D eigenvalue weighted by Gasteiger charge is 2.20. The fourth-order valence-electron chi connectivity index (χ4n) is 2.42. The van der Waals surface area contributed by atoms with E-state index in [1.165, 1.54) is 17.7 Å². The first-order valence-corrected chi connectivity index (χ1v) is 8.04. The summed E-state index contributed by atoms with van der Waals surface area (Å²) in [6.45, 7) is 1.60. The van der Waals surface area contributed by atoms with Crippen molar-refractivity contribution in [3.63, 3.8) is 0 Å². The lowest BCUT2D eigenvalue weighted by molar-refractivity contribution is -0.140. The Morgan fingerprint density at radius 3 is 2.74 bits per heavy atom. The number of fused-ring (bicyclic) bond motifs is 1. The van der Waals surface area contributed by atoms with Crippen LogP contribution in [0.2, 0.25) is 0 Å². The molecule has 0 fully saturated rings. The minimum atomic E-state index is -0.909. The topological polar surface area (TPSA) is 86.9 Å². The molecule has 0 saturated heterocycles. The molecule has 0 bridgehead atoms. The Morgan fingerprint density at radius 1 is 1.30 bits per heavy atom. The number of aliphatic carboxylic acids is 1. The fraction of sp³-hybridized carbons (Fsp3) is 0.176. The van der Waals surface area contributed by atoms with E-state index in [2.05, 4.69) is 9.97 Å². The number of carbonyl (C=O) groups is 1. The maximum absolute atomic E-state index is 11.0. The zero-order valence-electron chi connectivity index (χ0n) is 12.5. The second kappa shape index (κ2) is 6.26. The van der Waals surface area contributed by atoms with Crippen molar-refractivity contribution in [3.05, 3.63) is 47.7 Å². The Morgan fingerprint density at radius 2 is 2.04 bits per heavy atom. The molecule has 1 aromatic carbocycles. The third-order valence-corrected chi connectivity index (χ3v) is 4.56. The second-order valence-electron chi connectivity index (χ2n) is 5.34. The van der Waals surface area contributed by atoms with Crippen LogP contribution >= 0.6 is 11.3 Å². The van der Waals surface area contributed by atoms with Crippen LogP contribution in [-0.4, -0.2) is 26.8 Å². The maximum Gasteiger partial charge on any atom is 0.306 e. The van der Waals surface area contributed by atoms with Crippen molar-refractivity contribution < 1.29 is 9.90 Å². The molecule has 0 aliphatic heterocycles. The zero-order chi connectivity index (χ0) is 16.4. The Bertz CT molecular complexity index is 874. The number of nitrogens with zero attached hydrogens (tertiary/aromatic N) is 2. The number of hydrogen-bond donors (Lipinski definition) is 2. The molecule has 3 aromatic rings. The van der Waals surface area contributed by atoms with E-state index < -0.39 is 11.9 Å². The smallest absolute Gasteiger partial charge is 0.306 e. The van der Waals surface area contributed by atoms with Crippen LogP contribution in [0.15, 0.2) is 42.0 Å². The van der Waals surface area contributed by atoms with E-state index in [-0.39, 0.29) is 12.1 Å². The molecule has 1 atom stereocenters. The van der Waals surface area contributed by atoms with Gasteiger partial charge in [0.1, 0.15) is 11.2 Å². The molecular weight excluding hydrogens is 310 g/mol. The molecule has 5 nitrogen and oxygen atoms in total. The van der Waals surface area contributed by atoms with Gasteiger partial charge in [0.25, 0.3) is 0 Å². The third kappa shape index (κ3) is 2.98. The number of rotatable bonds is 5. The van der Waals surface area contributed by atoms with Gasteiger partial charge in [0.15, 0.2) is 0 Å². The average Bonchev–Trinajstić information content (AvgIpc) is 2.99. The number of nitrogens with one attached hydrogen (secondary N) is 1. The van der Waals surface area contributed by atoms with Crippen LogP contribution in [-0.2, 0) is 4.79 Å². The van der Waals surface area contributed by atoms with Crippen LogP contribution in [0.25, 0.3) is 21.3 Å². The molecule has 3 rings (SSSR count). The summed E-state index contributed by atoms with van der Waals surface area (Å²) in [6, 6.07) is 9.87. The Kier molecular flexibility index (Phi) is 4.16. The third-order valence-electron chi connectivity index (χ3n) is 3.67. The minimum Gasteiger partial charge on any atom is -0.481 e. The molecule has 2 heterocycles. The van der Waals surface area contributed by atoms with Crippen molar-refractivity contribution in [1.82, 2.24) is 9.97 Å². The summed E-state index contributed by atoms with van der Waals surface area (Å²) in [5, 5.41) is 20.2. The molecule has 1 unspecified atom stereocenters. The van der Waals surface area contributed by atoms with Gasteiger partial charge in [0, 0.05) is 22.8 Å². The standard InChI is InChI=1S/C17H15N3O2S/c1-10(17(21)22)7-13(18)15-14-12(11-5-3-2-4-6-11)8-23-16(14)20-9-19-15/h2-6,8-10,18H,7H2,1H3,(H,21,22). The van der Waals surface area contributed by atoms with Crippen molar-refractivity contribution in [2.75, 3.05) is 0 Å². The monoisotopic (exact) mass is 325 g/mol. The molecule has 116 valence electrons. The lowest BCUT2D eigenvalue weighted by Gasteiger charge is -2.09. The largest absolute Gasteiger partial charge is 0.481 e. The SMILES string of the molecule is CC(CC(=N)c1ncnc2scc(-c3ccccc3)c12)C(=O)O. The average molecular weight is 325 g/mol. The van der Waals surface area contributed by atoms with Crippen molar-refractivity contribution >= 4 is 33.2 Å². The fourth-order valence-corrected chi connectivity index (χ4v) is 3.34. The molecule has 2 N–H and O–H groups in total. The van der Waals surface area contributed by atoms with Crippen LogP contribution in [0.1, 0.15) is 19.0 Å². The Labute approximate surface area is 137 Å². The predicted molar refractivity (Wildman–Crippen MR) is 91.1 cm³/mol. The number of carboxylic acids is 1. The van der Waals surface area contributed by atoms with Gasteiger partial charge in [-0.2, -0.15) is 0 Å². The number of benzene rings is 1. The van der Waals surface area contributed by atoms with E-state index in [0.29, 0.717) is 5.69 Å². The van der Waals surface area contributed by atoms with E-state index in [9.17, 15) is 4.79 Å². The first-order valence-electron chi connectivity index (χ1n) is 7.16. The lowest BCUT2D eigenvalue weighted by atomic mass is 9.98. The molecule has 6 heteroatoms. The van der Waals surface area contributed by atoms with Crippen LogP contribution in [0.5, 0.6) is 0 Å². The second-order valence-corrected chi connectivity index (χ2v) is 6.20. The first-order chi connectivity index (χ1) is 11.1. The number of aromatic nitrogens is 2. The zero-order valence-corrected chi connectivity index (χ0v) is 13.3. The van der Waals surface area contributed by atoms with E-state index in [1.807, 2.05) is 35.7 Å². The van der Waals surface area contributed by atoms with Gasteiger partial charge in [-0.25, -0.2) is 9.97 Å². The van der Waals surface area contributed by atoms with Gasteiger partial charge in [-0.1, -0.05) is 37.3 Å². The van der Waals surface area contributed by atoms with E-state index in [0.717, 1.165) is 21.3 Å². The number of carboxylic acid groups (broad SMARTS) is 1. The van der Waals surface area contributed by atoms with Crippen LogP contribution < -0.4 is 0 Å². The summed E-state index contributed by atoms with van der Waals surface area (Å²) >= 11 is 1.50. The molecule has 0 amide bonds. The molecule has 0 aliphatic rings. The predicted octanol–water partition coefficient (Wildman–Crippen LogP) is 3.84. The van der Waals surface area contributed by atoms with Crippen molar-refractivity contribution in [2.45, 2.75) is 13.3 Å². The molecule has 23 heavy (non-hydrogen) atoms. The van der Waals surface area contributed by atoms with Gasteiger partial charge in [-0.3, -0.25) is 4.79 Å². The van der Waals surface area contributed by atoms with Gasteiger partial charge in [-0.05, 0) is 5.56 Å². The van der Waals surface area contributed by atoms with E-state index in [4.69, 9.17) is 10.5 Å². The Balaban J connectivity index is 2.09. The van der Waals surface area contributed by atoms with Crippen molar-refractivity contribution in [1.29, 1.82) is 5.41 Å².